The molecule has 0 aliphatic carbocycles. The van der Waals surface area contributed by atoms with Gasteiger partial charge in [0.25, 0.3) is 0 Å². The van der Waals surface area contributed by atoms with Crippen LogP contribution in [0.4, 0.5) is 0 Å². The van der Waals surface area contributed by atoms with E-state index in [9.17, 15) is 0 Å². The third-order valence-electron chi connectivity index (χ3n) is 3.66. The van der Waals surface area contributed by atoms with E-state index >= 15 is 0 Å². The molecule has 1 fully saturated rings. The maximum absolute atomic E-state index is 6.11. The highest BCUT2D eigenvalue weighted by Crippen LogP contribution is 2.36. The second-order valence-corrected chi connectivity index (χ2v) is 10.7. The molecule has 1 saturated heterocycles. The molecule has 84 valence electrons. The molecular weight excluding hydrogens is 190 g/mol. The normalized spacial score (nSPS) is 19.5. The first kappa shape index (κ1) is 12.2. The van der Waals surface area contributed by atoms with Gasteiger partial charge in [-0.2, -0.15) is 0 Å². The van der Waals surface area contributed by atoms with Crippen molar-refractivity contribution in [2.24, 2.45) is 5.92 Å². The Morgan fingerprint density at radius 1 is 1.29 bits per heavy atom. The Bertz CT molecular complexity index is 182. The summed E-state index contributed by atoms with van der Waals surface area (Å²) in [5, 5.41) is 3.65. The second-order valence-electron chi connectivity index (χ2n) is 5.92. The monoisotopic (exact) mass is 215 g/mol. The van der Waals surface area contributed by atoms with Crippen LogP contribution in [0.1, 0.15) is 27.2 Å². The van der Waals surface area contributed by atoms with Crippen molar-refractivity contribution < 1.29 is 4.43 Å². The maximum Gasteiger partial charge on any atom is 0.191 e. The van der Waals surface area contributed by atoms with E-state index in [0.29, 0.717) is 5.04 Å². The van der Waals surface area contributed by atoms with Crippen LogP contribution in [0.15, 0.2) is 0 Å². The van der Waals surface area contributed by atoms with Crippen molar-refractivity contribution in [2.75, 3.05) is 19.7 Å². The van der Waals surface area contributed by atoms with E-state index in [1.807, 2.05) is 0 Å². The summed E-state index contributed by atoms with van der Waals surface area (Å²) in [6.07, 6.45) is 1.24. The van der Waals surface area contributed by atoms with E-state index in [1.54, 1.807) is 0 Å². The standard InChI is InChI=1S/C11H25NOSi/c1-11(2,3)14(4,5)13-7-6-10-8-12-9-10/h10,12H,6-9H2,1-5H3. The van der Waals surface area contributed by atoms with Gasteiger partial charge < -0.3 is 9.74 Å². The molecule has 2 nitrogen and oxygen atoms in total. The molecule has 0 unspecified atom stereocenters. The van der Waals surface area contributed by atoms with Crippen molar-refractivity contribution in [3.05, 3.63) is 0 Å². The molecule has 0 atom stereocenters. The molecule has 0 aromatic carbocycles. The quantitative estimate of drug-likeness (QED) is 0.728. The molecule has 1 N–H and O–H groups in total. The van der Waals surface area contributed by atoms with Crippen molar-refractivity contribution in [1.82, 2.24) is 5.32 Å². The molecule has 1 aliphatic rings. The van der Waals surface area contributed by atoms with Gasteiger partial charge in [-0.1, -0.05) is 20.8 Å². The van der Waals surface area contributed by atoms with Crippen LogP contribution < -0.4 is 5.32 Å². The Hall–Kier alpha value is 0.137. The van der Waals surface area contributed by atoms with Crippen LogP contribution in [0.25, 0.3) is 0 Å². The summed E-state index contributed by atoms with van der Waals surface area (Å²) in [6.45, 7) is 14.9. The molecule has 0 bridgehead atoms. The maximum atomic E-state index is 6.11. The highest BCUT2D eigenvalue weighted by molar-refractivity contribution is 6.74. The van der Waals surface area contributed by atoms with Crippen LogP contribution in [0, 0.1) is 5.92 Å². The van der Waals surface area contributed by atoms with E-state index < -0.39 is 8.32 Å². The first-order valence-electron chi connectivity index (χ1n) is 5.67. The van der Waals surface area contributed by atoms with Gasteiger partial charge in [0.15, 0.2) is 8.32 Å². The first-order chi connectivity index (χ1) is 6.33. The van der Waals surface area contributed by atoms with Gasteiger partial charge in [-0.15, -0.1) is 0 Å². The Labute approximate surface area is 89.6 Å². The van der Waals surface area contributed by atoms with Gasteiger partial charge in [0.05, 0.1) is 0 Å². The van der Waals surface area contributed by atoms with E-state index in [0.717, 1.165) is 12.5 Å². The van der Waals surface area contributed by atoms with Crippen molar-refractivity contribution in [3.63, 3.8) is 0 Å². The Kier molecular flexibility index (Phi) is 3.78. The lowest BCUT2D eigenvalue weighted by atomic mass is 10.0. The van der Waals surface area contributed by atoms with Crippen LogP contribution in [0.2, 0.25) is 18.1 Å². The number of hydrogen-bond donors (Lipinski definition) is 1. The average molecular weight is 215 g/mol. The summed E-state index contributed by atoms with van der Waals surface area (Å²) in [4.78, 5) is 0. The smallest absolute Gasteiger partial charge is 0.191 e. The van der Waals surface area contributed by atoms with Crippen molar-refractivity contribution in [2.45, 2.75) is 45.3 Å². The van der Waals surface area contributed by atoms with Crippen molar-refractivity contribution in [3.8, 4) is 0 Å². The molecular formula is C11H25NOSi. The van der Waals surface area contributed by atoms with Gasteiger partial charge in [0.1, 0.15) is 0 Å². The lowest BCUT2D eigenvalue weighted by molar-refractivity contribution is 0.224. The van der Waals surface area contributed by atoms with E-state index in [4.69, 9.17) is 4.43 Å². The minimum absolute atomic E-state index is 0.352. The lowest BCUT2D eigenvalue weighted by Crippen LogP contribution is -2.44. The van der Waals surface area contributed by atoms with Crippen molar-refractivity contribution in [1.29, 1.82) is 0 Å². The first-order valence-corrected chi connectivity index (χ1v) is 8.58. The summed E-state index contributed by atoms with van der Waals surface area (Å²) in [7, 11) is -1.48. The fourth-order valence-corrected chi connectivity index (χ4v) is 2.31. The topological polar surface area (TPSA) is 21.3 Å². The molecule has 1 heterocycles. The number of hydrogen-bond acceptors (Lipinski definition) is 2. The molecule has 0 aromatic heterocycles. The summed E-state index contributed by atoms with van der Waals surface area (Å²) in [5.41, 5.74) is 0. The van der Waals surface area contributed by atoms with Crippen LogP contribution in [-0.2, 0) is 4.43 Å². The van der Waals surface area contributed by atoms with Gasteiger partial charge in [-0.25, -0.2) is 0 Å². The van der Waals surface area contributed by atoms with Crippen molar-refractivity contribution >= 4 is 8.32 Å². The third-order valence-corrected chi connectivity index (χ3v) is 8.20. The fraction of sp³-hybridized carbons (Fsp3) is 1.00. The summed E-state index contributed by atoms with van der Waals surface area (Å²) in [5.74, 6) is 0.875. The molecule has 0 aromatic rings. The highest BCUT2D eigenvalue weighted by atomic mass is 28.4. The van der Waals surface area contributed by atoms with Gasteiger partial charge in [-0.05, 0) is 43.6 Å². The molecule has 0 radical (unpaired) electrons. The Morgan fingerprint density at radius 3 is 2.21 bits per heavy atom. The zero-order valence-electron chi connectivity index (χ0n) is 10.3. The predicted molar refractivity (Wildman–Crippen MR) is 64.1 cm³/mol. The van der Waals surface area contributed by atoms with Crippen LogP contribution in [0.5, 0.6) is 0 Å². The minimum atomic E-state index is -1.48. The van der Waals surface area contributed by atoms with Crippen LogP contribution in [-0.4, -0.2) is 28.0 Å². The Balaban J connectivity index is 2.21. The molecule has 1 rings (SSSR count). The molecule has 1 aliphatic heterocycles. The summed E-state index contributed by atoms with van der Waals surface area (Å²) >= 11 is 0. The predicted octanol–water partition coefficient (Wildman–Crippen LogP) is 2.62. The molecule has 14 heavy (non-hydrogen) atoms. The summed E-state index contributed by atoms with van der Waals surface area (Å²) in [6, 6.07) is 0. The zero-order valence-corrected chi connectivity index (χ0v) is 11.3. The average Bonchev–Trinajstić information content (AvgIpc) is 1.92. The molecule has 0 amide bonds. The Morgan fingerprint density at radius 2 is 1.86 bits per heavy atom. The lowest BCUT2D eigenvalue weighted by Gasteiger charge is -2.37. The van der Waals surface area contributed by atoms with Crippen LogP contribution >= 0.6 is 0 Å². The number of rotatable bonds is 4. The fourth-order valence-electron chi connectivity index (χ4n) is 1.25. The van der Waals surface area contributed by atoms with E-state index in [2.05, 4.69) is 39.2 Å². The third kappa shape index (κ3) is 3.07. The largest absolute Gasteiger partial charge is 0.417 e. The minimum Gasteiger partial charge on any atom is -0.417 e. The van der Waals surface area contributed by atoms with Crippen LogP contribution in [0.3, 0.4) is 0 Å². The van der Waals surface area contributed by atoms with Gasteiger partial charge >= 0.3 is 0 Å². The van der Waals surface area contributed by atoms with E-state index in [1.165, 1.54) is 19.5 Å². The van der Waals surface area contributed by atoms with Gasteiger partial charge in [0, 0.05) is 6.61 Å². The van der Waals surface area contributed by atoms with E-state index in [-0.39, 0.29) is 0 Å². The molecule has 0 spiro atoms. The summed E-state index contributed by atoms with van der Waals surface area (Å²) < 4.78 is 6.11. The highest BCUT2D eigenvalue weighted by Gasteiger charge is 2.37. The van der Waals surface area contributed by atoms with Gasteiger partial charge in [0.2, 0.25) is 0 Å². The zero-order chi connectivity index (χ0) is 10.8. The second kappa shape index (κ2) is 4.33. The number of nitrogens with one attached hydrogen (secondary N) is 1. The molecule has 3 heteroatoms. The molecule has 0 saturated carbocycles. The SMILES string of the molecule is CC(C)(C)[Si](C)(C)OCCC1CNC1. The van der Waals surface area contributed by atoms with Gasteiger partial charge in [-0.3, -0.25) is 0 Å².